The molecule has 4 rings (SSSR count). The molecule has 3 N–H and O–H groups in total. The Labute approximate surface area is 221 Å². The van der Waals surface area contributed by atoms with E-state index in [0.29, 0.717) is 40.6 Å². The van der Waals surface area contributed by atoms with E-state index in [-0.39, 0.29) is 5.75 Å². The molecule has 0 aliphatic rings. The van der Waals surface area contributed by atoms with Crippen LogP contribution in [0, 0.1) is 6.92 Å². The van der Waals surface area contributed by atoms with Gasteiger partial charge >= 0.3 is 12.1 Å². The second-order valence-corrected chi connectivity index (χ2v) is 8.82. The first kappa shape index (κ1) is 26.3. The molecule has 0 aliphatic heterocycles. The number of hydrogen-bond donors (Lipinski definition) is 3. The third-order valence-electron chi connectivity index (χ3n) is 6.02. The number of ether oxygens (including phenoxy) is 2. The highest BCUT2D eigenvalue weighted by molar-refractivity contribution is 5.91. The van der Waals surface area contributed by atoms with E-state index < -0.39 is 24.3 Å². The van der Waals surface area contributed by atoms with Crippen molar-refractivity contribution in [3.63, 3.8) is 0 Å². The van der Waals surface area contributed by atoms with Gasteiger partial charge in [0.25, 0.3) is 0 Å². The largest absolute Gasteiger partial charge is 0.507 e. The van der Waals surface area contributed by atoms with Gasteiger partial charge in [0.15, 0.2) is 6.10 Å². The van der Waals surface area contributed by atoms with Crippen LogP contribution in [0.5, 0.6) is 11.5 Å². The van der Waals surface area contributed by atoms with Crippen LogP contribution in [0.25, 0.3) is 10.8 Å². The average molecular weight is 512 g/mol. The van der Waals surface area contributed by atoms with Crippen molar-refractivity contribution in [1.29, 1.82) is 0 Å². The van der Waals surface area contributed by atoms with Crippen molar-refractivity contribution >= 4 is 28.5 Å². The number of rotatable bonds is 10. The number of anilines is 1. The van der Waals surface area contributed by atoms with Crippen LogP contribution in [0.3, 0.4) is 0 Å². The minimum Gasteiger partial charge on any atom is -0.507 e. The Kier molecular flexibility index (Phi) is 8.61. The SMILES string of the molecule is Cc1ccc(NC(=O)O[C@H](c2ccc(O)c3ccccc23)[C@@H](CC/C=C/C(=O)O)Oc2ccccc2)cc1. The van der Waals surface area contributed by atoms with Crippen LogP contribution in [0.4, 0.5) is 10.5 Å². The summed E-state index contributed by atoms with van der Waals surface area (Å²) in [7, 11) is 0. The van der Waals surface area contributed by atoms with Gasteiger partial charge in [0.05, 0.1) is 0 Å². The first-order valence-corrected chi connectivity index (χ1v) is 12.3. The number of amides is 1. The molecular weight excluding hydrogens is 482 g/mol. The zero-order chi connectivity index (χ0) is 26.9. The number of benzene rings is 4. The van der Waals surface area contributed by atoms with E-state index in [1.165, 1.54) is 0 Å². The topological polar surface area (TPSA) is 105 Å². The first-order valence-electron chi connectivity index (χ1n) is 12.3. The second-order valence-electron chi connectivity index (χ2n) is 8.82. The van der Waals surface area contributed by atoms with Gasteiger partial charge in [-0.25, -0.2) is 9.59 Å². The number of carboxylic acid groups (broad SMARTS) is 1. The standard InChI is InChI=1S/C31H29NO6/c1-21-15-17-22(18-16-21)32-31(36)38-30(26-19-20-27(33)25-12-6-5-11-24(25)26)28(13-7-8-14-29(34)35)37-23-9-3-2-4-10-23/h2-6,8-12,14-20,28,30,33H,7,13H2,1H3,(H,32,36)(H,34,35)/b14-8+/t28-,30-/m1/s1. The number of nitrogens with one attached hydrogen (secondary N) is 1. The molecule has 0 aliphatic carbocycles. The molecule has 4 aromatic carbocycles. The van der Waals surface area contributed by atoms with E-state index in [1.54, 1.807) is 48.5 Å². The molecule has 0 saturated carbocycles. The van der Waals surface area contributed by atoms with E-state index in [1.807, 2.05) is 55.5 Å². The molecular formula is C31H29NO6. The first-order chi connectivity index (χ1) is 18.4. The Balaban J connectivity index is 1.72. The summed E-state index contributed by atoms with van der Waals surface area (Å²) in [6.07, 6.45) is 1.13. The molecule has 4 aromatic rings. The number of aromatic hydroxyl groups is 1. The number of allylic oxidation sites excluding steroid dienone is 1. The predicted molar refractivity (Wildman–Crippen MR) is 147 cm³/mol. The van der Waals surface area contributed by atoms with Crippen LogP contribution < -0.4 is 10.1 Å². The fraction of sp³-hybridized carbons (Fsp3) is 0.161. The fourth-order valence-electron chi connectivity index (χ4n) is 4.18. The molecule has 0 aromatic heterocycles. The van der Waals surface area contributed by atoms with Gasteiger partial charge in [-0.05, 0) is 55.5 Å². The van der Waals surface area contributed by atoms with Crippen molar-refractivity contribution in [3.05, 3.63) is 114 Å². The summed E-state index contributed by atoms with van der Waals surface area (Å²) in [6, 6.07) is 27.1. The van der Waals surface area contributed by atoms with Gasteiger partial charge in [-0.2, -0.15) is 0 Å². The quantitative estimate of drug-likeness (QED) is 0.198. The summed E-state index contributed by atoms with van der Waals surface area (Å²) in [5, 5.41) is 23.6. The molecule has 7 heteroatoms. The van der Waals surface area contributed by atoms with E-state index in [0.717, 1.165) is 11.6 Å². The molecule has 38 heavy (non-hydrogen) atoms. The van der Waals surface area contributed by atoms with Crippen molar-refractivity contribution in [2.45, 2.75) is 32.0 Å². The summed E-state index contributed by atoms with van der Waals surface area (Å²) in [4.78, 5) is 24.1. The summed E-state index contributed by atoms with van der Waals surface area (Å²) < 4.78 is 12.4. The van der Waals surface area contributed by atoms with Gasteiger partial charge in [0.2, 0.25) is 0 Å². The lowest BCUT2D eigenvalue weighted by molar-refractivity contribution is -0.131. The summed E-state index contributed by atoms with van der Waals surface area (Å²) in [6.45, 7) is 1.96. The molecule has 7 nitrogen and oxygen atoms in total. The van der Waals surface area contributed by atoms with Crippen molar-refractivity contribution in [3.8, 4) is 11.5 Å². The van der Waals surface area contributed by atoms with Crippen LogP contribution in [0.2, 0.25) is 0 Å². The van der Waals surface area contributed by atoms with Crippen LogP contribution >= 0.6 is 0 Å². The Bertz CT molecular complexity index is 1420. The zero-order valence-electron chi connectivity index (χ0n) is 20.9. The Morgan fingerprint density at radius 1 is 0.895 bits per heavy atom. The number of phenols is 1. The number of carboxylic acids is 1. The fourth-order valence-corrected chi connectivity index (χ4v) is 4.18. The molecule has 0 radical (unpaired) electrons. The molecule has 194 valence electrons. The maximum Gasteiger partial charge on any atom is 0.412 e. The van der Waals surface area contributed by atoms with Crippen molar-refractivity contribution in [2.75, 3.05) is 5.32 Å². The number of hydrogen-bond acceptors (Lipinski definition) is 5. The van der Waals surface area contributed by atoms with Crippen LogP contribution in [0.1, 0.15) is 30.1 Å². The average Bonchev–Trinajstić information content (AvgIpc) is 2.91. The highest BCUT2D eigenvalue weighted by Crippen LogP contribution is 2.36. The summed E-state index contributed by atoms with van der Waals surface area (Å²) in [5.74, 6) is -0.354. The number of para-hydroxylation sites is 1. The minimum atomic E-state index is -1.04. The molecule has 0 bridgehead atoms. The van der Waals surface area contributed by atoms with E-state index in [9.17, 15) is 14.7 Å². The zero-order valence-corrected chi connectivity index (χ0v) is 20.9. The third kappa shape index (κ3) is 6.91. The number of aliphatic carboxylic acids is 1. The van der Waals surface area contributed by atoms with Crippen LogP contribution in [-0.4, -0.2) is 28.4 Å². The molecule has 1 amide bonds. The van der Waals surface area contributed by atoms with Gasteiger partial charge in [-0.15, -0.1) is 0 Å². The smallest absolute Gasteiger partial charge is 0.412 e. The highest BCUT2D eigenvalue weighted by atomic mass is 16.6. The number of carbonyl (C=O) groups excluding carboxylic acids is 1. The van der Waals surface area contributed by atoms with Gasteiger partial charge in [0, 0.05) is 22.7 Å². The maximum atomic E-state index is 13.1. The predicted octanol–water partition coefficient (Wildman–Crippen LogP) is 7.01. The normalized spacial score (nSPS) is 12.7. The van der Waals surface area contributed by atoms with Crippen molar-refractivity contribution in [2.24, 2.45) is 0 Å². The van der Waals surface area contributed by atoms with Crippen LogP contribution in [0.15, 0.2) is 103 Å². The van der Waals surface area contributed by atoms with Gasteiger partial charge in [-0.3, -0.25) is 5.32 Å². The maximum absolute atomic E-state index is 13.1. The van der Waals surface area contributed by atoms with Gasteiger partial charge < -0.3 is 19.7 Å². The lowest BCUT2D eigenvalue weighted by atomic mass is 9.94. The number of fused-ring (bicyclic) bond motifs is 1. The third-order valence-corrected chi connectivity index (χ3v) is 6.02. The lowest BCUT2D eigenvalue weighted by Gasteiger charge is -2.29. The van der Waals surface area contributed by atoms with Gasteiger partial charge in [0.1, 0.15) is 17.6 Å². The molecule has 0 fully saturated rings. The Hall–Kier alpha value is -4.78. The molecule has 0 heterocycles. The highest BCUT2D eigenvalue weighted by Gasteiger charge is 2.30. The van der Waals surface area contributed by atoms with E-state index in [2.05, 4.69) is 5.32 Å². The minimum absolute atomic E-state index is 0.108. The molecule has 2 atom stereocenters. The van der Waals surface area contributed by atoms with Crippen molar-refractivity contribution < 1.29 is 29.3 Å². The number of carbonyl (C=O) groups is 2. The Morgan fingerprint density at radius 3 is 2.29 bits per heavy atom. The molecule has 0 spiro atoms. The monoisotopic (exact) mass is 511 g/mol. The second kappa shape index (κ2) is 12.5. The molecule has 0 saturated heterocycles. The summed E-state index contributed by atoms with van der Waals surface area (Å²) in [5.41, 5.74) is 2.29. The van der Waals surface area contributed by atoms with Crippen LogP contribution in [-0.2, 0) is 9.53 Å². The number of aryl methyl sites for hydroxylation is 1. The summed E-state index contributed by atoms with van der Waals surface area (Å²) >= 11 is 0. The lowest BCUT2D eigenvalue weighted by Crippen LogP contribution is -2.31. The van der Waals surface area contributed by atoms with Gasteiger partial charge in [-0.1, -0.05) is 72.3 Å². The number of phenolic OH excluding ortho intramolecular Hbond substituents is 1. The van der Waals surface area contributed by atoms with E-state index >= 15 is 0 Å². The van der Waals surface area contributed by atoms with Crippen molar-refractivity contribution in [1.82, 2.24) is 0 Å². The molecule has 0 unspecified atom stereocenters. The van der Waals surface area contributed by atoms with E-state index in [4.69, 9.17) is 14.6 Å². The Morgan fingerprint density at radius 2 is 1.58 bits per heavy atom.